The van der Waals surface area contributed by atoms with Crippen LogP contribution >= 0.6 is 0 Å². The molecule has 0 spiro atoms. The van der Waals surface area contributed by atoms with E-state index in [0.29, 0.717) is 42.0 Å². The lowest BCUT2D eigenvalue weighted by atomic mass is 10.1. The molecule has 1 unspecified atom stereocenters. The fourth-order valence-electron chi connectivity index (χ4n) is 2.82. The normalized spacial score (nSPS) is 17.3. The minimum absolute atomic E-state index is 0.0657. The molecule has 1 aliphatic heterocycles. The summed E-state index contributed by atoms with van der Waals surface area (Å²) in [6.45, 7) is 0. The number of halogens is 1. The van der Waals surface area contributed by atoms with Crippen LogP contribution in [-0.4, -0.2) is 29.1 Å². The number of hydrogen-bond acceptors (Lipinski definition) is 5. The summed E-state index contributed by atoms with van der Waals surface area (Å²) < 4.78 is 19.0. The van der Waals surface area contributed by atoms with Crippen LogP contribution in [0.3, 0.4) is 0 Å². The molecule has 2 amide bonds. The van der Waals surface area contributed by atoms with E-state index in [1.807, 2.05) is 0 Å². The molecular formula is C17H20FN5O3. The van der Waals surface area contributed by atoms with Crippen molar-refractivity contribution in [3.05, 3.63) is 30.0 Å². The van der Waals surface area contributed by atoms with Crippen molar-refractivity contribution in [1.82, 2.24) is 9.97 Å². The number of hydrogen-bond donors (Lipinski definition) is 4. The second-order valence-electron chi connectivity index (χ2n) is 6.06. The largest absolute Gasteiger partial charge is 0.453 e. The first-order chi connectivity index (χ1) is 12.5. The Kier molecular flexibility index (Phi) is 5.17. The lowest BCUT2D eigenvalue weighted by Gasteiger charge is -2.14. The molecule has 1 aromatic carbocycles. The molecule has 0 saturated heterocycles. The zero-order valence-corrected chi connectivity index (χ0v) is 14.3. The van der Waals surface area contributed by atoms with Gasteiger partial charge < -0.3 is 20.8 Å². The summed E-state index contributed by atoms with van der Waals surface area (Å²) in [5.41, 5.74) is 7.26. The van der Waals surface area contributed by atoms with Gasteiger partial charge in [0.05, 0.1) is 18.8 Å². The van der Waals surface area contributed by atoms with Crippen molar-refractivity contribution in [1.29, 1.82) is 0 Å². The van der Waals surface area contributed by atoms with Crippen LogP contribution in [0.5, 0.6) is 0 Å². The van der Waals surface area contributed by atoms with E-state index in [0.717, 1.165) is 6.42 Å². The Bertz CT molecular complexity index is 836. The van der Waals surface area contributed by atoms with Crippen molar-refractivity contribution in [2.45, 2.75) is 31.7 Å². The van der Waals surface area contributed by atoms with Gasteiger partial charge in [-0.2, -0.15) is 4.39 Å². The lowest BCUT2D eigenvalue weighted by Crippen LogP contribution is -2.15. The zero-order chi connectivity index (χ0) is 18.7. The number of aromatic nitrogens is 2. The second-order valence-corrected chi connectivity index (χ2v) is 6.06. The van der Waals surface area contributed by atoms with Gasteiger partial charge >= 0.3 is 6.09 Å². The molecule has 9 heteroatoms. The van der Waals surface area contributed by atoms with E-state index in [4.69, 9.17) is 5.73 Å². The molecule has 1 aromatic heterocycles. The summed E-state index contributed by atoms with van der Waals surface area (Å²) in [5.74, 6) is -0.460. The highest BCUT2D eigenvalue weighted by atomic mass is 19.1. The first-order valence-electron chi connectivity index (χ1n) is 8.28. The average molecular weight is 361 g/mol. The number of benzene rings is 1. The maximum atomic E-state index is 14.4. The van der Waals surface area contributed by atoms with Gasteiger partial charge in [0, 0.05) is 17.7 Å². The van der Waals surface area contributed by atoms with E-state index in [1.165, 1.54) is 13.2 Å². The van der Waals surface area contributed by atoms with Crippen LogP contribution in [0.2, 0.25) is 0 Å². The first-order valence-corrected chi connectivity index (χ1v) is 8.28. The summed E-state index contributed by atoms with van der Waals surface area (Å²) >= 11 is 0. The predicted molar refractivity (Wildman–Crippen MR) is 94.0 cm³/mol. The number of carbonyl (C=O) groups excluding carboxylic acids is 2. The van der Waals surface area contributed by atoms with Gasteiger partial charge in [0.1, 0.15) is 11.5 Å². The van der Waals surface area contributed by atoms with Gasteiger partial charge in [-0.1, -0.05) is 6.42 Å². The van der Waals surface area contributed by atoms with E-state index in [9.17, 15) is 14.0 Å². The number of rotatable bonds is 1. The van der Waals surface area contributed by atoms with Crippen LogP contribution in [0.4, 0.5) is 20.6 Å². The van der Waals surface area contributed by atoms with E-state index in [-0.39, 0.29) is 11.6 Å². The molecule has 2 bridgehead atoms. The first kappa shape index (κ1) is 17.9. The van der Waals surface area contributed by atoms with Crippen molar-refractivity contribution < 1.29 is 18.7 Å². The zero-order valence-electron chi connectivity index (χ0n) is 14.3. The van der Waals surface area contributed by atoms with E-state index < -0.39 is 18.1 Å². The molecule has 2 heterocycles. The molecule has 8 nitrogen and oxygen atoms in total. The van der Waals surface area contributed by atoms with Crippen molar-refractivity contribution in [3.63, 3.8) is 0 Å². The second kappa shape index (κ2) is 7.52. The third kappa shape index (κ3) is 3.83. The maximum absolute atomic E-state index is 14.4. The summed E-state index contributed by atoms with van der Waals surface area (Å²) in [5, 5.41) is 5.28. The Balaban J connectivity index is 2.06. The maximum Gasteiger partial charge on any atom is 0.411 e. The van der Waals surface area contributed by atoms with Crippen molar-refractivity contribution >= 4 is 23.4 Å². The summed E-state index contributed by atoms with van der Waals surface area (Å²) in [4.78, 5) is 30.5. The summed E-state index contributed by atoms with van der Waals surface area (Å²) in [6.07, 6.45) is 1.66. The predicted octanol–water partition coefficient (Wildman–Crippen LogP) is 2.91. The van der Waals surface area contributed by atoms with Crippen LogP contribution in [0, 0.1) is 5.95 Å². The van der Waals surface area contributed by atoms with Gasteiger partial charge in [-0.15, -0.1) is 0 Å². The average Bonchev–Trinajstić information content (AvgIpc) is 2.99. The number of imidazole rings is 1. The topological polar surface area (TPSA) is 122 Å². The number of carbonyl (C=O) groups is 2. The number of nitrogens with one attached hydrogen (secondary N) is 3. The van der Waals surface area contributed by atoms with E-state index in [2.05, 4.69) is 25.3 Å². The van der Waals surface area contributed by atoms with Crippen LogP contribution in [0.15, 0.2) is 18.2 Å². The fourth-order valence-corrected chi connectivity index (χ4v) is 2.82. The van der Waals surface area contributed by atoms with Crippen LogP contribution < -0.4 is 16.4 Å². The van der Waals surface area contributed by atoms with Gasteiger partial charge in [0.15, 0.2) is 0 Å². The Morgan fingerprint density at radius 2 is 2.23 bits per heavy atom. The molecule has 1 aliphatic rings. The van der Waals surface area contributed by atoms with Gasteiger partial charge in [-0.25, -0.2) is 9.78 Å². The highest BCUT2D eigenvalue weighted by Crippen LogP contribution is 2.33. The third-order valence-electron chi connectivity index (χ3n) is 4.18. The number of ether oxygens (including phenoxy) is 1. The Morgan fingerprint density at radius 1 is 1.42 bits per heavy atom. The standard InChI is InChI=1S/C17H20FN5O3/c1-26-17(25)20-9-6-7-10-12(8-9)21-13(24)5-3-2-4-11(19)16-22-14(10)15(18)23-16/h6-8,11H,2-5,19H2,1H3,(H,20,25)(H,21,24)(H,22,23). The monoisotopic (exact) mass is 361 g/mol. The van der Waals surface area contributed by atoms with E-state index in [1.54, 1.807) is 12.1 Å². The van der Waals surface area contributed by atoms with Crippen LogP contribution in [-0.2, 0) is 9.53 Å². The minimum Gasteiger partial charge on any atom is -0.453 e. The minimum atomic E-state index is -0.649. The third-order valence-corrected chi connectivity index (χ3v) is 4.18. The summed E-state index contributed by atoms with van der Waals surface area (Å²) in [7, 11) is 1.24. The fraction of sp³-hybridized carbons (Fsp3) is 0.353. The molecular weight excluding hydrogens is 341 g/mol. The van der Waals surface area contributed by atoms with Crippen molar-refractivity contribution in [2.75, 3.05) is 17.7 Å². The number of aromatic amines is 1. The van der Waals surface area contributed by atoms with Crippen LogP contribution in [0.1, 0.15) is 37.5 Å². The number of fused-ring (bicyclic) bond motifs is 4. The Labute approximate surface area is 149 Å². The SMILES string of the molecule is COC(=O)Nc1ccc2c(c1)NC(=O)CCCCC(N)c1nc-2c(F)[nH]1. The van der Waals surface area contributed by atoms with Gasteiger partial charge in [-0.3, -0.25) is 10.1 Å². The van der Waals surface area contributed by atoms with Gasteiger partial charge in [-0.05, 0) is 31.0 Å². The lowest BCUT2D eigenvalue weighted by molar-refractivity contribution is -0.116. The quantitative estimate of drug-likeness (QED) is 0.622. The molecule has 26 heavy (non-hydrogen) atoms. The molecule has 5 N–H and O–H groups in total. The van der Waals surface area contributed by atoms with Crippen molar-refractivity contribution in [2.24, 2.45) is 5.73 Å². The number of anilines is 2. The van der Waals surface area contributed by atoms with Gasteiger partial charge in [0.2, 0.25) is 11.9 Å². The molecule has 0 aliphatic carbocycles. The molecule has 0 radical (unpaired) electrons. The molecule has 0 saturated carbocycles. The molecule has 1 atom stereocenters. The molecule has 3 rings (SSSR count). The van der Waals surface area contributed by atoms with Gasteiger partial charge in [0.25, 0.3) is 0 Å². The van der Waals surface area contributed by atoms with Crippen LogP contribution in [0.25, 0.3) is 11.3 Å². The van der Waals surface area contributed by atoms with E-state index >= 15 is 0 Å². The summed E-state index contributed by atoms with van der Waals surface area (Å²) in [6, 6.07) is 4.25. The Hall–Kier alpha value is -2.94. The molecule has 138 valence electrons. The smallest absolute Gasteiger partial charge is 0.411 e. The molecule has 0 fully saturated rings. The molecule has 2 aromatic rings. The number of amides is 2. The number of H-pyrrole nitrogens is 1. The highest BCUT2D eigenvalue weighted by molar-refractivity contribution is 5.97. The van der Waals surface area contributed by atoms with Crippen molar-refractivity contribution in [3.8, 4) is 11.3 Å². The number of nitrogens with two attached hydrogens (primary N) is 1. The highest BCUT2D eigenvalue weighted by Gasteiger charge is 2.21. The number of nitrogens with zero attached hydrogens (tertiary/aromatic N) is 1. The Morgan fingerprint density at radius 3 is 3.00 bits per heavy atom. The number of methoxy groups -OCH3 is 1.